The van der Waals surface area contributed by atoms with E-state index in [0.29, 0.717) is 23.3 Å². The summed E-state index contributed by atoms with van der Waals surface area (Å²) in [6, 6.07) is 14.0. The van der Waals surface area contributed by atoms with E-state index in [2.05, 4.69) is 13.8 Å². The minimum absolute atomic E-state index is 0.280. The number of carbonyl (C=O) groups excluding carboxylic acids is 3. The lowest BCUT2D eigenvalue weighted by Gasteiger charge is -2.09. The van der Waals surface area contributed by atoms with E-state index >= 15 is 0 Å². The molecule has 0 aliphatic heterocycles. The number of rotatable bonds is 14. The number of benzene rings is 2. The maximum absolute atomic E-state index is 12.8. The minimum atomic E-state index is -0.881. The SMILES string of the molecule is CCCCCCC(C=O)CCCCC.O=CC(C(=O)c1ccccc1)c1ccc(F)cc1. The van der Waals surface area contributed by atoms with Crippen LogP contribution in [0.4, 0.5) is 4.39 Å². The van der Waals surface area contributed by atoms with Crippen LogP contribution in [0, 0.1) is 11.7 Å². The molecule has 0 amide bonds. The molecule has 0 saturated carbocycles. The highest BCUT2D eigenvalue weighted by Gasteiger charge is 2.21. The molecule has 0 bridgehead atoms. The second-order valence-corrected chi connectivity index (χ2v) is 8.14. The second kappa shape index (κ2) is 17.0. The fraction of sp³-hybridized carbons (Fsp3) is 0.464. The average Bonchev–Trinajstić information content (AvgIpc) is 2.83. The molecule has 0 N–H and O–H groups in total. The molecule has 174 valence electrons. The molecular formula is C28H37FO3. The normalized spacial score (nSPS) is 12.2. The van der Waals surface area contributed by atoms with Crippen molar-refractivity contribution in [3.05, 3.63) is 71.5 Å². The first-order chi connectivity index (χ1) is 15.6. The van der Waals surface area contributed by atoms with Crippen LogP contribution in [0.2, 0.25) is 0 Å². The molecule has 0 fully saturated rings. The van der Waals surface area contributed by atoms with Gasteiger partial charge in [0, 0.05) is 11.5 Å². The van der Waals surface area contributed by atoms with Crippen molar-refractivity contribution in [1.82, 2.24) is 0 Å². The Balaban J connectivity index is 0.000000333. The summed E-state index contributed by atoms with van der Waals surface area (Å²) >= 11 is 0. The van der Waals surface area contributed by atoms with Gasteiger partial charge in [0.25, 0.3) is 0 Å². The zero-order valence-corrected chi connectivity index (χ0v) is 19.5. The predicted octanol–water partition coefficient (Wildman–Crippen LogP) is 7.34. The number of Topliss-reactive ketones (excluding diaryl/α,β-unsaturated/α-hetero) is 1. The van der Waals surface area contributed by atoms with Crippen molar-refractivity contribution in [2.75, 3.05) is 0 Å². The fourth-order valence-electron chi connectivity index (χ4n) is 3.51. The number of aldehydes is 2. The van der Waals surface area contributed by atoms with Gasteiger partial charge in [-0.2, -0.15) is 0 Å². The minimum Gasteiger partial charge on any atom is -0.303 e. The molecule has 2 atom stereocenters. The van der Waals surface area contributed by atoms with Gasteiger partial charge in [-0.25, -0.2) is 4.39 Å². The Labute approximate surface area is 192 Å². The summed E-state index contributed by atoms with van der Waals surface area (Å²) in [5.74, 6) is -1.21. The van der Waals surface area contributed by atoms with Crippen LogP contribution in [0.15, 0.2) is 54.6 Å². The number of hydrogen-bond acceptors (Lipinski definition) is 3. The maximum Gasteiger partial charge on any atom is 0.177 e. The predicted molar refractivity (Wildman–Crippen MR) is 128 cm³/mol. The Morgan fingerprint density at radius 2 is 1.34 bits per heavy atom. The molecule has 2 aromatic rings. The Bertz CT molecular complexity index is 771. The highest BCUT2D eigenvalue weighted by Crippen LogP contribution is 2.19. The van der Waals surface area contributed by atoms with Gasteiger partial charge in [0.2, 0.25) is 0 Å². The number of ketones is 1. The van der Waals surface area contributed by atoms with Crippen LogP contribution in [-0.4, -0.2) is 18.4 Å². The van der Waals surface area contributed by atoms with Gasteiger partial charge in [-0.1, -0.05) is 101 Å². The third-order valence-electron chi connectivity index (χ3n) is 5.51. The van der Waals surface area contributed by atoms with Gasteiger partial charge in [-0.3, -0.25) is 4.79 Å². The lowest BCUT2D eigenvalue weighted by atomic mass is 9.92. The molecule has 0 saturated heterocycles. The highest BCUT2D eigenvalue weighted by atomic mass is 19.1. The van der Waals surface area contributed by atoms with Crippen LogP contribution in [0.5, 0.6) is 0 Å². The number of hydrogen-bond donors (Lipinski definition) is 0. The van der Waals surface area contributed by atoms with Crippen LogP contribution < -0.4 is 0 Å². The third kappa shape index (κ3) is 10.6. The third-order valence-corrected chi connectivity index (χ3v) is 5.51. The van der Waals surface area contributed by atoms with E-state index in [1.807, 2.05) is 0 Å². The van der Waals surface area contributed by atoms with Gasteiger partial charge in [0.1, 0.15) is 24.3 Å². The van der Waals surface area contributed by atoms with E-state index in [0.717, 1.165) is 12.8 Å². The fourth-order valence-corrected chi connectivity index (χ4v) is 3.51. The van der Waals surface area contributed by atoms with Crippen LogP contribution in [0.25, 0.3) is 0 Å². The molecule has 32 heavy (non-hydrogen) atoms. The van der Waals surface area contributed by atoms with Crippen LogP contribution in [0.3, 0.4) is 0 Å². The summed E-state index contributed by atoms with van der Waals surface area (Å²) in [4.78, 5) is 34.0. The molecule has 3 nitrogen and oxygen atoms in total. The summed E-state index contributed by atoms with van der Waals surface area (Å²) in [5, 5.41) is 0. The van der Waals surface area contributed by atoms with E-state index < -0.39 is 11.7 Å². The van der Waals surface area contributed by atoms with E-state index in [4.69, 9.17) is 0 Å². The molecule has 0 spiro atoms. The monoisotopic (exact) mass is 440 g/mol. The number of unbranched alkanes of at least 4 members (excludes halogenated alkanes) is 5. The highest BCUT2D eigenvalue weighted by molar-refractivity contribution is 6.09. The maximum atomic E-state index is 12.8. The van der Waals surface area contributed by atoms with Gasteiger partial charge in [-0.05, 0) is 30.5 Å². The Kier molecular flexibility index (Phi) is 14.6. The molecule has 2 unspecified atom stereocenters. The van der Waals surface area contributed by atoms with E-state index in [1.165, 1.54) is 75.5 Å². The van der Waals surface area contributed by atoms with Crippen LogP contribution >= 0.6 is 0 Å². The summed E-state index contributed by atoms with van der Waals surface area (Å²) in [5.41, 5.74) is 0.971. The Morgan fingerprint density at radius 3 is 1.88 bits per heavy atom. The largest absolute Gasteiger partial charge is 0.303 e. The lowest BCUT2D eigenvalue weighted by Crippen LogP contribution is -2.14. The molecule has 0 radical (unpaired) electrons. The first kappa shape index (κ1) is 27.4. The molecular weight excluding hydrogens is 403 g/mol. The molecule has 0 heterocycles. The van der Waals surface area contributed by atoms with E-state index in [1.54, 1.807) is 30.3 Å². The number of carbonyl (C=O) groups is 3. The van der Waals surface area contributed by atoms with Crippen molar-refractivity contribution in [2.45, 2.75) is 77.6 Å². The van der Waals surface area contributed by atoms with Crippen molar-refractivity contribution >= 4 is 18.4 Å². The molecule has 2 aromatic carbocycles. The average molecular weight is 441 g/mol. The van der Waals surface area contributed by atoms with Crippen molar-refractivity contribution in [3.8, 4) is 0 Å². The smallest absolute Gasteiger partial charge is 0.177 e. The van der Waals surface area contributed by atoms with E-state index in [9.17, 15) is 18.8 Å². The van der Waals surface area contributed by atoms with Crippen molar-refractivity contribution < 1.29 is 18.8 Å². The lowest BCUT2D eigenvalue weighted by molar-refractivity contribution is -0.111. The first-order valence-electron chi connectivity index (χ1n) is 11.8. The Morgan fingerprint density at radius 1 is 0.781 bits per heavy atom. The van der Waals surface area contributed by atoms with Gasteiger partial charge in [-0.15, -0.1) is 0 Å². The second-order valence-electron chi connectivity index (χ2n) is 8.14. The molecule has 0 aromatic heterocycles. The zero-order valence-electron chi connectivity index (χ0n) is 19.5. The quantitative estimate of drug-likeness (QED) is 0.134. The van der Waals surface area contributed by atoms with Crippen molar-refractivity contribution in [1.29, 1.82) is 0 Å². The van der Waals surface area contributed by atoms with Gasteiger partial charge >= 0.3 is 0 Å². The summed E-state index contributed by atoms with van der Waals surface area (Å²) in [6.07, 6.45) is 12.9. The molecule has 0 aliphatic rings. The summed E-state index contributed by atoms with van der Waals surface area (Å²) in [7, 11) is 0. The van der Waals surface area contributed by atoms with E-state index in [-0.39, 0.29) is 5.78 Å². The topological polar surface area (TPSA) is 51.2 Å². The molecule has 2 rings (SSSR count). The van der Waals surface area contributed by atoms with Crippen molar-refractivity contribution in [2.24, 2.45) is 5.92 Å². The summed E-state index contributed by atoms with van der Waals surface area (Å²) < 4.78 is 12.8. The standard InChI is InChI=1S/C15H11FO2.C13H26O/c16-13-8-6-11(7-9-13)14(10-17)15(18)12-4-2-1-3-5-12;1-3-5-7-9-11-13(12-14)10-8-6-4-2/h1-10,14H;12-13H,3-11H2,1-2H3. The van der Waals surface area contributed by atoms with Gasteiger partial charge in [0.05, 0.1) is 0 Å². The summed E-state index contributed by atoms with van der Waals surface area (Å²) in [6.45, 7) is 4.43. The molecule has 0 aliphatic carbocycles. The van der Waals surface area contributed by atoms with Crippen LogP contribution in [0.1, 0.15) is 93.5 Å². The number of halogens is 1. The van der Waals surface area contributed by atoms with Gasteiger partial charge in [0.15, 0.2) is 5.78 Å². The first-order valence-corrected chi connectivity index (χ1v) is 11.8. The van der Waals surface area contributed by atoms with Gasteiger partial charge < -0.3 is 9.59 Å². The Hall–Kier alpha value is -2.62. The zero-order chi connectivity index (χ0) is 23.6. The molecule has 4 heteroatoms. The van der Waals surface area contributed by atoms with Crippen molar-refractivity contribution in [3.63, 3.8) is 0 Å². The van der Waals surface area contributed by atoms with Crippen LogP contribution in [-0.2, 0) is 9.59 Å².